The molecule has 2 aromatic rings. The Labute approximate surface area is 133 Å². The van der Waals surface area contributed by atoms with Gasteiger partial charge in [-0.15, -0.1) is 0 Å². The Bertz CT molecular complexity index is 790. The number of sulfone groups is 1. The van der Waals surface area contributed by atoms with Gasteiger partial charge in [0.2, 0.25) is 0 Å². The van der Waals surface area contributed by atoms with Gasteiger partial charge < -0.3 is 5.32 Å². The van der Waals surface area contributed by atoms with Crippen molar-refractivity contribution in [1.29, 1.82) is 0 Å². The molecule has 1 N–H and O–H groups in total. The smallest absolute Gasteiger partial charge is 0.178 e. The van der Waals surface area contributed by atoms with Gasteiger partial charge in [0.05, 0.1) is 26.7 Å². The lowest BCUT2D eigenvalue weighted by atomic mass is 10.0. The lowest BCUT2D eigenvalue weighted by molar-refractivity contribution is 0.576. The van der Waals surface area contributed by atoms with Gasteiger partial charge in [-0.05, 0) is 36.2 Å². The summed E-state index contributed by atoms with van der Waals surface area (Å²) in [7, 11) is -3.17. The maximum absolute atomic E-state index is 12.1. The summed E-state index contributed by atoms with van der Waals surface area (Å²) in [6.07, 6.45) is 0.527. The van der Waals surface area contributed by atoms with Gasteiger partial charge >= 0.3 is 0 Å². The van der Waals surface area contributed by atoms with Crippen LogP contribution in [-0.4, -0.2) is 14.2 Å². The highest BCUT2D eigenvalue weighted by Gasteiger charge is 2.29. The fourth-order valence-electron chi connectivity index (χ4n) is 2.53. The Morgan fingerprint density at radius 1 is 1.05 bits per heavy atom. The van der Waals surface area contributed by atoms with E-state index in [9.17, 15) is 8.42 Å². The molecule has 0 aliphatic carbocycles. The molecule has 1 heterocycles. The van der Waals surface area contributed by atoms with Crippen molar-refractivity contribution in [2.75, 3.05) is 11.1 Å². The molecule has 6 heteroatoms. The molecule has 0 aromatic heterocycles. The van der Waals surface area contributed by atoms with E-state index in [4.69, 9.17) is 23.2 Å². The molecule has 3 nitrogen and oxygen atoms in total. The van der Waals surface area contributed by atoms with E-state index in [0.29, 0.717) is 21.4 Å². The van der Waals surface area contributed by atoms with E-state index in [1.807, 2.05) is 18.2 Å². The van der Waals surface area contributed by atoms with E-state index in [1.54, 1.807) is 24.3 Å². The lowest BCUT2D eigenvalue weighted by Gasteiger charge is -2.27. The van der Waals surface area contributed by atoms with Gasteiger partial charge in [-0.3, -0.25) is 0 Å². The number of benzene rings is 2. The van der Waals surface area contributed by atoms with Gasteiger partial charge in [-0.2, -0.15) is 0 Å². The standard InChI is InChI=1S/C15H13Cl2NO2S/c16-12-6-5-10(9-13(12)17)18-14-7-8-21(19,20)15-4-2-1-3-11(14)15/h1-6,9,14,18H,7-8H2. The Morgan fingerprint density at radius 3 is 2.57 bits per heavy atom. The van der Waals surface area contributed by atoms with Crippen LogP contribution in [0.2, 0.25) is 10.0 Å². The average molecular weight is 342 g/mol. The molecule has 0 amide bonds. The summed E-state index contributed by atoms with van der Waals surface area (Å²) in [6, 6.07) is 12.4. The van der Waals surface area contributed by atoms with E-state index >= 15 is 0 Å². The monoisotopic (exact) mass is 341 g/mol. The lowest BCUT2D eigenvalue weighted by Crippen LogP contribution is -2.24. The molecule has 3 rings (SSSR count). The first-order chi connectivity index (χ1) is 9.97. The quantitative estimate of drug-likeness (QED) is 0.884. The largest absolute Gasteiger partial charge is 0.378 e. The number of hydrogen-bond acceptors (Lipinski definition) is 3. The van der Waals surface area contributed by atoms with E-state index in [2.05, 4.69) is 5.32 Å². The van der Waals surface area contributed by atoms with Gasteiger partial charge in [0.25, 0.3) is 0 Å². The SMILES string of the molecule is O=S1(=O)CCC(Nc2ccc(Cl)c(Cl)c2)c2ccccc21. The Morgan fingerprint density at radius 2 is 1.81 bits per heavy atom. The Kier molecular flexibility index (Phi) is 3.86. The fourth-order valence-corrected chi connectivity index (χ4v) is 4.45. The van der Waals surface area contributed by atoms with Crippen molar-refractivity contribution in [2.45, 2.75) is 17.4 Å². The highest BCUT2D eigenvalue weighted by molar-refractivity contribution is 7.91. The zero-order chi connectivity index (χ0) is 15.0. The molecule has 1 atom stereocenters. The first-order valence-electron chi connectivity index (χ1n) is 6.51. The number of anilines is 1. The molecule has 2 aromatic carbocycles. The minimum Gasteiger partial charge on any atom is -0.378 e. The first kappa shape index (κ1) is 14.7. The van der Waals surface area contributed by atoms with Crippen molar-refractivity contribution in [3.05, 3.63) is 58.1 Å². The van der Waals surface area contributed by atoms with Crippen molar-refractivity contribution >= 4 is 38.7 Å². The number of rotatable bonds is 2. The van der Waals surface area contributed by atoms with Gasteiger partial charge in [0.15, 0.2) is 9.84 Å². The summed E-state index contributed by atoms with van der Waals surface area (Å²) in [4.78, 5) is 0.411. The molecule has 0 fully saturated rings. The second-order valence-electron chi connectivity index (χ2n) is 4.97. The third-order valence-corrected chi connectivity index (χ3v) is 6.12. The van der Waals surface area contributed by atoms with Crippen molar-refractivity contribution in [1.82, 2.24) is 0 Å². The van der Waals surface area contributed by atoms with Crippen LogP contribution in [0.25, 0.3) is 0 Å². The highest BCUT2D eigenvalue weighted by atomic mass is 35.5. The molecular weight excluding hydrogens is 329 g/mol. The molecule has 110 valence electrons. The van der Waals surface area contributed by atoms with E-state index in [-0.39, 0.29) is 11.8 Å². The predicted octanol–water partition coefficient (Wildman–Crippen LogP) is 4.32. The summed E-state index contributed by atoms with van der Waals surface area (Å²) in [5, 5.41) is 4.30. The number of nitrogens with one attached hydrogen (secondary N) is 1. The van der Waals surface area contributed by atoms with Crippen molar-refractivity contribution in [2.24, 2.45) is 0 Å². The molecule has 0 bridgehead atoms. The van der Waals surface area contributed by atoms with Crippen LogP contribution in [0.1, 0.15) is 18.0 Å². The van der Waals surface area contributed by atoms with Crippen LogP contribution < -0.4 is 5.32 Å². The van der Waals surface area contributed by atoms with Gasteiger partial charge in [0, 0.05) is 5.69 Å². The molecule has 0 saturated carbocycles. The zero-order valence-corrected chi connectivity index (χ0v) is 13.3. The molecule has 0 spiro atoms. The summed E-state index contributed by atoms with van der Waals surface area (Å²) >= 11 is 11.9. The summed E-state index contributed by atoms with van der Waals surface area (Å²) < 4.78 is 24.2. The first-order valence-corrected chi connectivity index (χ1v) is 8.91. The maximum atomic E-state index is 12.1. The highest BCUT2D eigenvalue weighted by Crippen LogP contribution is 2.35. The molecule has 1 unspecified atom stereocenters. The third kappa shape index (κ3) is 2.89. The normalized spacial score (nSPS) is 19.8. The van der Waals surface area contributed by atoms with E-state index < -0.39 is 9.84 Å². The molecule has 0 radical (unpaired) electrons. The van der Waals surface area contributed by atoms with Gasteiger partial charge in [-0.1, -0.05) is 41.4 Å². The molecular formula is C15H13Cl2NO2S. The van der Waals surface area contributed by atoms with E-state index in [1.165, 1.54) is 0 Å². The zero-order valence-electron chi connectivity index (χ0n) is 11.0. The van der Waals surface area contributed by atoms with E-state index in [0.717, 1.165) is 11.3 Å². The molecule has 21 heavy (non-hydrogen) atoms. The number of halogens is 2. The third-order valence-electron chi connectivity index (χ3n) is 3.57. The van der Waals surface area contributed by atoms with Crippen LogP contribution in [0, 0.1) is 0 Å². The molecule has 1 aliphatic heterocycles. The van der Waals surface area contributed by atoms with Crippen LogP contribution in [0.4, 0.5) is 5.69 Å². The van der Waals surface area contributed by atoms with Crippen LogP contribution in [0.15, 0.2) is 47.4 Å². The van der Waals surface area contributed by atoms with Gasteiger partial charge in [-0.25, -0.2) is 8.42 Å². The van der Waals surface area contributed by atoms with Crippen molar-refractivity contribution in [3.8, 4) is 0 Å². The molecule has 1 aliphatic rings. The predicted molar refractivity (Wildman–Crippen MR) is 85.9 cm³/mol. The second kappa shape index (κ2) is 5.52. The summed E-state index contributed by atoms with van der Waals surface area (Å²) in [5.74, 6) is 0.142. The van der Waals surface area contributed by atoms with Crippen LogP contribution in [0.3, 0.4) is 0 Å². The Balaban J connectivity index is 1.95. The van der Waals surface area contributed by atoms with Crippen LogP contribution in [0.5, 0.6) is 0 Å². The average Bonchev–Trinajstić information content (AvgIpc) is 2.46. The Hall–Kier alpha value is -1.23. The summed E-state index contributed by atoms with van der Waals surface area (Å²) in [6.45, 7) is 0. The van der Waals surface area contributed by atoms with Crippen molar-refractivity contribution in [3.63, 3.8) is 0 Å². The second-order valence-corrected chi connectivity index (χ2v) is 7.86. The minimum absolute atomic E-state index is 0.0537. The number of hydrogen-bond donors (Lipinski definition) is 1. The number of fused-ring (bicyclic) bond motifs is 1. The van der Waals surface area contributed by atoms with Gasteiger partial charge in [0.1, 0.15) is 0 Å². The minimum atomic E-state index is -3.17. The van der Waals surface area contributed by atoms with Crippen LogP contribution in [-0.2, 0) is 9.84 Å². The molecule has 0 saturated heterocycles. The van der Waals surface area contributed by atoms with Crippen molar-refractivity contribution < 1.29 is 8.42 Å². The summed E-state index contributed by atoms with van der Waals surface area (Å²) in [5.41, 5.74) is 1.62. The topological polar surface area (TPSA) is 46.2 Å². The fraction of sp³-hybridized carbons (Fsp3) is 0.200. The van der Waals surface area contributed by atoms with Crippen LogP contribution >= 0.6 is 23.2 Å². The maximum Gasteiger partial charge on any atom is 0.178 e.